The van der Waals surface area contributed by atoms with Crippen LogP contribution in [0.3, 0.4) is 0 Å². The zero-order valence-corrected chi connectivity index (χ0v) is 37.2. The number of thiophene rings is 2. The minimum Gasteiger partial charge on any atom is -0.310 e. The maximum absolute atomic E-state index is 2.48. The number of nitrogens with zero attached hydrogens (tertiary/aromatic N) is 1. The van der Waals surface area contributed by atoms with Crippen LogP contribution in [-0.2, 0) is 12.8 Å². The summed E-state index contributed by atoms with van der Waals surface area (Å²) in [6.07, 6.45) is 1.89. The molecule has 0 saturated carbocycles. The zero-order chi connectivity index (χ0) is 42.1. The molecule has 302 valence electrons. The van der Waals surface area contributed by atoms with Crippen LogP contribution < -0.4 is 4.90 Å². The van der Waals surface area contributed by atoms with Crippen LogP contribution in [0.4, 0.5) is 17.1 Å². The highest BCUT2D eigenvalue weighted by molar-refractivity contribution is 7.99. The van der Waals surface area contributed by atoms with Crippen LogP contribution in [0, 0.1) is 0 Å². The molecular weight excluding hydrogens is 831 g/mol. The molecule has 0 unspecified atom stereocenters. The molecule has 12 aromatic rings. The standard InChI is InChI=1S/C60H39NS3/c1-3-12-38(13-4-1)30-44-36-47(24-26-50(44)59-55(62-49-18-5-2-6-19-49)29-28-52-51-20-9-10-21-54(51)64-60(52)59)61(48-25-27-53-56(37-48)63-57-33-39-31-45(32-39)58(53)57)46-17-11-16-42(35-46)43-23-22-40-14-7-8-15-41(40)34-43/h1-29,31,33-37H,30,32H2. The van der Waals surface area contributed by atoms with Gasteiger partial charge in [0.15, 0.2) is 0 Å². The highest BCUT2D eigenvalue weighted by atomic mass is 32.2. The van der Waals surface area contributed by atoms with Gasteiger partial charge in [-0.1, -0.05) is 151 Å². The van der Waals surface area contributed by atoms with E-state index in [1.54, 1.807) is 0 Å². The molecule has 0 aliphatic heterocycles. The van der Waals surface area contributed by atoms with Gasteiger partial charge in [0.25, 0.3) is 0 Å². The van der Waals surface area contributed by atoms with Gasteiger partial charge < -0.3 is 4.90 Å². The fourth-order valence-corrected chi connectivity index (χ4v) is 13.4. The first-order valence-electron chi connectivity index (χ1n) is 21.9. The Morgan fingerprint density at radius 3 is 2.09 bits per heavy atom. The Labute approximate surface area is 384 Å². The summed E-state index contributed by atoms with van der Waals surface area (Å²) in [5.41, 5.74) is 13.9. The van der Waals surface area contributed by atoms with Crippen molar-refractivity contribution in [3.05, 3.63) is 235 Å². The van der Waals surface area contributed by atoms with Gasteiger partial charge in [0.2, 0.25) is 0 Å². The minimum atomic E-state index is 0.798. The van der Waals surface area contributed by atoms with Crippen molar-refractivity contribution in [2.75, 3.05) is 4.90 Å². The van der Waals surface area contributed by atoms with Crippen LogP contribution in [0.1, 0.15) is 22.3 Å². The van der Waals surface area contributed by atoms with Crippen molar-refractivity contribution in [2.24, 2.45) is 0 Å². The van der Waals surface area contributed by atoms with Crippen LogP contribution in [0.15, 0.2) is 222 Å². The van der Waals surface area contributed by atoms with E-state index in [0.29, 0.717) is 0 Å². The number of fused-ring (bicyclic) bond motifs is 5. The molecule has 0 spiro atoms. The summed E-state index contributed by atoms with van der Waals surface area (Å²) in [4.78, 5) is 4.98. The smallest absolute Gasteiger partial charge is 0.0476 e. The van der Waals surface area contributed by atoms with Crippen LogP contribution in [0.25, 0.3) is 73.4 Å². The summed E-state index contributed by atoms with van der Waals surface area (Å²) in [6.45, 7) is 0. The van der Waals surface area contributed by atoms with E-state index in [4.69, 9.17) is 0 Å². The molecule has 2 aliphatic rings. The molecule has 2 aromatic heterocycles. The fourth-order valence-electron chi connectivity index (χ4n) is 9.80. The summed E-state index contributed by atoms with van der Waals surface area (Å²) >= 11 is 5.69. The van der Waals surface area contributed by atoms with Crippen LogP contribution >= 0.6 is 34.4 Å². The number of hydrogen-bond donors (Lipinski definition) is 0. The second kappa shape index (κ2) is 15.4. The third kappa shape index (κ3) is 6.52. The summed E-state index contributed by atoms with van der Waals surface area (Å²) < 4.78 is 5.36. The molecule has 0 amide bonds. The second-order valence-corrected chi connectivity index (χ2v) is 20.1. The van der Waals surface area contributed by atoms with E-state index in [1.807, 2.05) is 34.4 Å². The summed E-state index contributed by atoms with van der Waals surface area (Å²) in [5.74, 6) is 0. The van der Waals surface area contributed by atoms with Gasteiger partial charge in [0, 0.05) is 72.8 Å². The van der Waals surface area contributed by atoms with Crippen molar-refractivity contribution >= 4 is 103 Å². The Balaban J connectivity index is 1.03. The van der Waals surface area contributed by atoms with E-state index in [9.17, 15) is 0 Å². The third-order valence-electron chi connectivity index (χ3n) is 12.9. The van der Waals surface area contributed by atoms with Crippen molar-refractivity contribution in [1.82, 2.24) is 0 Å². The van der Waals surface area contributed by atoms with Gasteiger partial charge >= 0.3 is 0 Å². The molecule has 0 N–H and O–H groups in total. The second-order valence-electron chi connectivity index (χ2n) is 16.9. The molecule has 0 fully saturated rings. The third-order valence-corrected chi connectivity index (χ3v) is 16.2. The SMILES string of the molecule is c1ccc(Cc2cc(N(c3cccc(-c4ccc5ccccc5c4)c3)c3ccc4c(c3)sc3cc5cc(c34)C5)ccc2-c2c(Sc3ccccc3)ccc3c2sc2ccccc23)cc1. The summed E-state index contributed by atoms with van der Waals surface area (Å²) in [6, 6.07) is 79.1. The van der Waals surface area contributed by atoms with Crippen molar-refractivity contribution in [3.8, 4) is 22.3 Å². The zero-order valence-electron chi connectivity index (χ0n) is 34.8. The normalized spacial score (nSPS) is 12.1. The van der Waals surface area contributed by atoms with Gasteiger partial charge in [-0.15, -0.1) is 22.7 Å². The molecule has 64 heavy (non-hydrogen) atoms. The van der Waals surface area contributed by atoms with Crippen LogP contribution in [0.5, 0.6) is 0 Å². The van der Waals surface area contributed by atoms with Crippen molar-refractivity contribution < 1.29 is 0 Å². The van der Waals surface area contributed by atoms with Gasteiger partial charge in [0.05, 0.1) is 0 Å². The van der Waals surface area contributed by atoms with E-state index in [0.717, 1.165) is 29.9 Å². The number of anilines is 3. The quantitative estimate of drug-likeness (QED) is 0.142. The Morgan fingerprint density at radius 1 is 0.469 bits per heavy atom. The predicted octanol–water partition coefficient (Wildman–Crippen LogP) is 18.0. The molecule has 4 heteroatoms. The van der Waals surface area contributed by atoms with E-state index < -0.39 is 0 Å². The van der Waals surface area contributed by atoms with Crippen molar-refractivity contribution in [1.29, 1.82) is 0 Å². The van der Waals surface area contributed by atoms with Gasteiger partial charge in [-0.25, -0.2) is 0 Å². The van der Waals surface area contributed by atoms with E-state index >= 15 is 0 Å². The lowest BCUT2D eigenvalue weighted by Gasteiger charge is -2.28. The van der Waals surface area contributed by atoms with Crippen LogP contribution in [-0.4, -0.2) is 0 Å². The molecule has 0 saturated heterocycles. The Bertz CT molecular complexity index is 3770. The maximum Gasteiger partial charge on any atom is 0.0476 e. The van der Waals surface area contributed by atoms with E-state index in [2.05, 4.69) is 217 Å². The molecule has 10 aromatic carbocycles. The van der Waals surface area contributed by atoms with Gasteiger partial charge in [-0.2, -0.15) is 0 Å². The lowest BCUT2D eigenvalue weighted by molar-refractivity contribution is 1.13. The number of rotatable bonds is 9. The molecule has 2 aliphatic carbocycles. The lowest BCUT2D eigenvalue weighted by Crippen LogP contribution is -2.11. The fraction of sp³-hybridized carbons (Fsp3) is 0.0333. The Hall–Kier alpha value is -6.95. The first kappa shape index (κ1) is 37.6. The highest BCUT2D eigenvalue weighted by Crippen LogP contribution is 2.49. The first-order chi connectivity index (χ1) is 31.7. The Kier molecular flexibility index (Phi) is 9.04. The van der Waals surface area contributed by atoms with Gasteiger partial charge in [-0.3, -0.25) is 0 Å². The molecule has 2 bridgehead atoms. The van der Waals surface area contributed by atoms with Crippen molar-refractivity contribution in [3.63, 3.8) is 0 Å². The van der Waals surface area contributed by atoms with E-state index in [-0.39, 0.29) is 0 Å². The largest absolute Gasteiger partial charge is 0.310 e. The number of hydrogen-bond acceptors (Lipinski definition) is 4. The number of benzene rings is 10. The molecule has 2 heterocycles. The minimum absolute atomic E-state index is 0.798. The van der Waals surface area contributed by atoms with Crippen molar-refractivity contribution in [2.45, 2.75) is 22.6 Å². The molecule has 1 nitrogen and oxygen atoms in total. The summed E-state index contributed by atoms with van der Waals surface area (Å²) in [7, 11) is 0. The molecule has 14 rings (SSSR count). The average Bonchev–Trinajstić information content (AvgIpc) is 3.91. The predicted molar refractivity (Wildman–Crippen MR) is 278 cm³/mol. The Morgan fingerprint density at radius 2 is 1.20 bits per heavy atom. The molecule has 0 radical (unpaired) electrons. The highest BCUT2D eigenvalue weighted by Gasteiger charge is 2.23. The van der Waals surface area contributed by atoms with Crippen LogP contribution in [0.2, 0.25) is 0 Å². The van der Waals surface area contributed by atoms with Gasteiger partial charge in [-0.05, 0) is 135 Å². The lowest BCUT2D eigenvalue weighted by atomic mass is 9.89. The maximum atomic E-state index is 2.48. The average molecular weight is 870 g/mol. The van der Waals surface area contributed by atoms with E-state index in [1.165, 1.54) is 105 Å². The first-order valence-corrected chi connectivity index (χ1v) is 24.3. The summed E-state index contributed by atoms with van der Waals surface area (Å²) in [5, 5.41) is 7.91. The monoisotopic (exact) mass is 869 g/mol. The molecular formula is C60H39NS3. The topological polar surface area (TPSA) is 3.24 Å². The van der Waals surface area contributed by atoms with Gasteiger partial charge in [0.1, 0.15) is 0 Å². The molecule has 0 atom stereocenters.